The third-order valence-corrected chi connectivity index (χ3v) is 6.06. The molecule has 0 radical (unpaired) electrons. The van der Waals surface area contributed by atoms with E-state index in [1.807, 2.05) is 43.6 Å². The van der Waals surface area contributed by atoms with Crippen LogP contribution < -0.4 is 5.32 Å². The minimum atomic E-state index is 0.205. The molecule has 5 rings (SSSR count). The Bertz CT molecular complexity index is 898. The molecule has 0 bridgehead atoms. The smallest absolute Gasteiger partial charge is 0.211 e. The maximum atomic E-state index is 5.87. The molecule has 0 aromatic carbocycles. The van der Waals surface area contributed by atoms with Gasteiger partial charge in [0.2, 0.25) is 5.89 Å². The Balaban J connectivity index is 1.26. The highest BCUT2D eigenvalue weighted by atomic mass is 16.5. The molecule has 7 heteroatoms. The van der Waals surface area contributed by atoms with Crippen molar-refractivity contribution in [2.45, 2.75) is 31.5 Å². The van der Waals surface area contributed by atoms with Gasteiger partial charge < -0.3 is 14.5 Å². The number of rotatable bonds is 5. The summed E-state index contributed by atoms with van der Waals surface area (Å²) in [6.07, 6.45) is 5.93. The van der Waals surface area contributed by atoms with E-state index in [-0.39, 0.29) is 12.1 Å². The van der Waals surface area contributed by atoms with Gasteiger partial charge in [-0.05, 0) is 48.9 Å². The summed E-state index contributed by atoms with van der Waals surface area (Å²) in [6.45, 7) is 2.86. The first kappa shape index (κ1) is 17.6. The third kappa shape index (κ3) is 3.47. The van der Waals surface area contributed by atoms with E-state index in [0.29, 0.717) is 17.5 Å². The highest BCUT2D eigenvalue weighted by molar-refractivity contribution is 5.66. The summed E-state index contributed by atoms with van der Waals surface area (Å²) in [5.74, 6) is 2.96. The van der Waals surface area contributed by atoms with Gasteiger partial charge in [-0.3, -0.25) is 4.90 Å². The lowest BCUT2D eigenvalue weighted by Gasteiger charge is -2.37. The van der Waals surface area contributed by atoms with E-state index in [2.05, 4.69) is 25.2 Å². The standard InChI is InChI=1S/C21H25N5O2/c1-27-18-10-15-12-26(13-20-25-21-17(28-20)5-4-8-23-21)11-14(15)9-16(18)24-19-6-2-3-7-22-19/h2-8,14-16,18H,9-13H2,1H3,(H,22,24)/t14-,15+,16-,18-/m1/s1. The second kappa shape index (κ2) is 7.48. The number of hydrogen-bond acceptors (Lipinski definition) is 7. The molecule has 1 N–H and O–H groups in total. The van der Waals surface area contributed by atoms with Crippen molar-refractivity contribution in [3.05, 3.63) is 48.6 Å². The van der Waals surface area contributed by atoms with Crippen LogP contribution in [0.1, 0.15) is 18.7 Å². The summed E-state index contributed by atoms with van der Waals surface area (Å²) in [6, 6.07) is 10.0. The number of nitrogens with one attached hydrogen (secondary N) is 1. The van der Waals surface area contributed by atoms with Crippen molar-refractivity contribution in [3.63, 3.8) is 0 Å². The molecular weight excluding hydrogens is 354 g/mol. The number of ether oxygens (including phenoxy) is 1. The lowest BCUT2D eigenvalue weighted by atomic mass is 9.77. The van der Waals surface area contributed by atoms with E-state index in [0.717, 1.165) is 49.8 Å². The summed E-state index contributed by atoms with van der Waals surface area (Å²) in [7, 11) is 1.82. The van der Waals surface area contributed by atoms with Gasteiger partial charge in [0.15, 0.2) is 11.2 Å². The largest absolute Gasteiger partial charge is 0.438 e. The molecule has 28 heavy (non-hydrogen) atoms. The number of hydrogen-bond donors (Lipinski definition) is 1. The van der Waals surface area contributed by atoms with Crippen LogP contribution in [-0.4, -0.2) is 52.2 Å². The SMILES string of the molecule is CO[C@@H]1C[C@H]2CN(Cc3nc4ncccc4o3)C[C@H]2C[C@H]1Nc1ccccn1. The predicted octanol–water partition coefficient (Wildman–Crippen LogP) is 2.96. The second-order valence-corrected chi connectivity index (χ2v) is 7.86. The number of nitrogens with zero attached hydrogens (tertiary/aromatic N) is 4. The minimum Gasteiger partial charge on any atom is -0.438 e. The van der Waals surface area contributed by atoms with Gasteiger partial charge >= 0.3 is 0 Å². The Kier molecular flexibility index (Phi) is 4.70. The summed E-state index contributed by atoms with van der Waals surface area (Å²) in [4.78, 5) is 15.7. The van der Waals surface area contributed by atoms with Gasteiger partial charge in [0.25, 0.3) is 0 Å². The number of anilines is 1. The zero-order valence-corrected chi connectivity index (χ0v) is 16.0. The lowest BCUT2D eigenvalue weighted by molar-refractivity contribution is 0.0304. The number of fused-ring (bicyclic) bond motifs is 2. The molecule has 1 aliphatic heterocycles. The monoisotopic (exact) mass is 379 g/mol. The van der Waals surface area contributed by atoms with Crippen LogP contribution in [0, 0.1) is 11.8 Å². The average Bonchev–Trinajstić information content (AvgIpc) is 3.30. The van der Waals surface area contributed by atoms with Gasteiger partial charge in [-0.15, -0.1) is 0 Å². The van der Waals surface area contributed by atoms with E-state index in [4.69, 9.17) is 9.15 Å². The van der Waals surface area contributed by atoms with Crippen LogP contribution in [-0.2, 0) is 11.3 Å². The van der Waals surface area contributed by atoms with Crippen molar-refractivity contribution in [2.75, 3.05) is 25.5 Å². The Morgan fingerprint density at radius 1 is 1.11 bits per heavy atom. The average molecular weight is 379 g/mol. The molecule has 0 amide bonds. The first-order valence-corrected chi connectivity index (χ1v) is 9.91. The highest BCUT2D eigenvalue weighted by Crippen LogP contribution is 2.38. The molecule has 2 aliphatic rings. The minimum absolute atomic E-state index is 0.205. The summed E-state index contributed by atoms with van der Waals surface area (Å²) >= 11 is 0. The van der Waals surface area contributed by atoms with Gasteiger partial charge in [-0.2, -0.15) is 4.98 Å². The molecule has 4 heterocycles. The van der Waals surface area contributed by atoms with Crippen LogP contribution >= 0.6 is 0 Å². The van der Waals surface area contributed by atoms with Crippen LogP contribution in [0.15, 0.2) is 47.1 Å². The van der Waals surface area contributed by atoms with Crippen molar-refractivity contribution in [1.29, 1.82) is 0 Å². The van der Waals surface area contributed by atoms with Gasteiger partial charge in [0.1, 0.15) is 5.82 Å². The number of oxazole rings is 1. The van der Waals surface area contributed by atoms with Gasteiger partial charge in [-0.1, -0.05) is 6.07 Å². The third-order valence-electron chi connectivity index (χ3n) is 6.06. The maximum Gasteiger partial charge on any atom is 0.211 e. The molecule has 3 aromatic heterocycles. The first-order chi connectivity index (χ1) is 13.8. The van der Waals surface area contributed by atoms with Crippen molar-refractivity contribution in [2.24, 2.45) is 11.8 Å². The summed E-state index contributed by atoms with van der Waals surface area (Å²) in [5.41, 5.74) is 1.45. The van der Waals surface area contributed by atoms with Crippen LogP contribution in [0.3, 0.4) is 0 Å². The lowest BCUT2D eigenvalue weighted by Crippen LogP contribution is -2.44. The normalized spacial score (nSPS) is 27.8. The topological polar surface area (TPSA) is 76.3 Å². The fourth-order valence-corrected chi connectivity index (χ4v) is 4.76. The predicted molar refractivity (Wildman–Crippen MR) is 106 cm³/mol. The Hall–Kier alpha value is -2.51. The molecule has 7 nitrogen and oxygen atoms in total. The van der Waals surface area contributed by atoms with Crippen LogP contribution in [0.2, 0.25) is 0 Å². The molecule has 3 aromatic rings. The number of likely N-dealkylation sites (tertiary alicyclic amines) is 1. The quantitative estimate of drug-likeness (QED) is 0.730. The van der Waals surface area contributed by atoms with E-state index < -0.39 is 0 Å². The Labute approximate surface area is 164 Å². The fourth-order valence-electron chi connectivity index (χ4n) is 4.76. The second-order valence-electron chi connectivity index (χ2n) is 7.86. The number of pyridine rings is 2. The highest BCUT2D eigenvalue weighted by Gasteiger charge is 2.42. The zero-order valence-electron chi connectivity index (χ0n) is 16.0. The van der Waals surface area contributed by atoms with Crippen LogP contribution in [0.5, 0.6) is 0 Å². The van der Waals surface area contributed by atoms with Crippen molar-refractivity contribution in [1.82, 2.24) is 19.9 Å². The number of aromatic nitrogens is 3. The molecule has 1 saturated heterocycles. The molecule has 0 unspecified atom stereocenters. The Morgan fingerprint density at radius 3 is 2.75 bits per heavy atom. The van der Waals surface area contributed by atoms with E-state index in [1.165, 1.54) is 0 Å². The van der Waals surface area contributed by atoms with Gasteiger partial charge in [0.05, 0.1) is 18.7 Å². The first-order valence-electron chi connectivity index (χ1n) is 9.91. The molecule has 146 valence electrons. The van der Waals surface area contributed by atoms with Gasteiger partial charge in [-0.25, -0.2) is 9.97 Å². The van der Waals surface area contributed by atoms with Gasteiger partial charge in [0, 0.05) is 32.6 Å². The van der Waals surface area contributed by atoms with E-state index in [1.54, 1.807) is 6.20 Å². The molecule has 1 saturated carbocycles. The molecule has 2 fully saturated rings. The van der Waals surface area contributed by atoms with Crippen molar-refractivity contribution < 1.29 is 9.15 Å². The summed E-state index contributed by atoms with van der Waals surface area (Å²) < 4.78 is 11.7. The van der Waals surface area contributed by atoms with E-state index >= 15 is 0 Å². The van der Waals surface area contributed by atoms with Crippen LogP contribution in [0.4, 0.5) is 5.82 Å². The van der Waals surface area contributed by atoms with Crippen molar-refractivity contribution in [3.8, 4) is 0 Å². The molecule has 1 aliphatic carbocycles. The van der Waals surface area contributed by atoms with Crippen LogP contribution in [0.25, 0.3) is 11.2 Å². The number of methoxy groups -OCH3 is 1. The van der Waals surface area contributed by atoms with Crippen molar-refractivity contribution >= 4 is 17.0 Å². The maximum absolute atomic E-state index is 5.87. The Morgan fingerprint density at radius 2 is 1.96 bits per heavy atom. The fraction of sp³-hybridized carbons (Fsp3) is 0.476. The van der Waals surface area contributed by atoms with E-state index in [9.17, 15) is 0 Å². The molecule has 4 atom stereocenters. The summed E-state index contributed by atoms with van der Waals surface area (Å²) in [5, 5.41) is 3.58. The molecule has 0 spiro atoms. The molecular formula is C21H25N5O2. The zero-order chi connectivity index (χ0) is 18.9.